The largest absolute Gasteiger partial charge is 0.480 e. The van der Waals surface area contributed by atoms with Gasteiger partial charge in [-0.2, -0.15) is 5.10 Å². The maximum absolute atomic E-state index is 6.92. The van der Waals surface area contributed by atoms with E-state index < -0.39 is 0 Å². The fraction of sp³-hybridized carbons (Fsp3) is 0.0909. The number of para-hydroxylation sites is 1. The number of nitrogens with zero attached hydrogens (tertiary/aromatic N) is 1. The molecule has 0 fully saturated rings. The van der Waals surface area contributed by atoms with Crippen LogP contribution >= 0.6 is 0 Å². The van der Waals surface area contributed by atoms with E-state index >= 15 is 0 Å². The summed E-state index contributed by atoms with van der Waals surface area (Å²) < 4.78 is 5.30. The van der Waals surface area contributed by atoms with Crippen molar-refractivity contribution in [1.29, 1.82) is 5.41 Å². The highest BCUT2D eigenvalue weighted by Gasteiger charge is 1.98. The summed E-state index contributed by atoms with van der Waals surface area (Å²) in [5.41, 5.74) is 8.14. The van der Waals surface area contributed by atoms with Gasteiger partial charge in [0.05, 0.1) is 6.21 Å². The van der Waals surface area contributed by atoms with Gasteiger partial charge < -0.3 is 10.5 Å². The summed E-state index contributed by atoms with van der Waals surface area (Å²) >= 11 is 0. The molecule has 1 aromatic carbocycles. The molecule has 5 heteroatoms. The van der Waals surface area contributed by atoms with E-state index in [0.717, 1.165) is 5.56 Å². The van der Waals surface area contributed by atoms with E-state index in [9.17, 15) is 0 Å². The predicted octanol–water partition coefficient (Wildman–Crippen LogP) is 0.516. The third-order valence-electron chi connectivity index (χ3n) is 1.62. The van der Waals surface area contributed by atoms with E-state index in [1.807, 2.05) is 18.2 Å². The molecular formula is C11H12N4O. The number of guanidine groups is 1. The summed E-state index contributed by atoms with van der Waals surface area (Å²) in [5.74, 6) is 2.79. The van der Waals surface area contributed by atoms with Gasteiger partial charge in [-0.25, -0.2) is 5.43 Å². The molecule has 5 nitrogen and oxygen atoms in total. The van der Waals surface area contributed by atoms with E-state index in [2.05, 4.69) is 16.4 Å². The SMILES string of the molecule is C#CCOc1ccccc1C=NNC(=N)N. The molecule has 1 aromatic rings. The fourth-order valence-electron chi connectivity index (χ4n) is 1.01. The summed E-state index contributed by atoms with van der Waals surface area (Å²) in [7, 11) is 0. The van der Waals surface area contributed by atoms with Crippen LogP contribution in [0.4, 0.5) is 0 Å². The van der Waals surface area contributed by atoms with Crippen molar-refractivity contribution in [2.75, 3.05) is 6.61 Å². The summed E-state index contributed by atoms with van der Waals surface area (Å²) in [6.45, 7) is 0.199. The van der Waals surface area contributed by atoms with Crippen LogP contribution in [-0.2, 0) is 0 Å². The second kappa shape index (κ2) is 6.09. The highest BCUT2D eigenvalue weighted by atomic mass is 16.5. The van der Waals surface area contributed by atoms with Gasteiger partial charge >= 0.3 is 0 Å². The minimum atomic E-state index is -0.224. The van der Waals surface area contributed by atoms with Crippen molar-refractivity contribution >= 4 is 12.2 Å². The summed E-state index contributed by atoms with van der Waals surface area (Å²) in [4.78, 5) is 0. The summed E-state index contributed by atoms with van der Waals surface area (Å²) in [6.07, 6.45) is 6.61. The Morgan fingerprint density at radius 3 is 3.06 bits per heavy atom. The maximum Gasteiger partial charge on any atom is 0.206 e. The van der Waals surface area contributed by atoms with Gasteiger partial charge in [0.2, 0.25) is 5.96 Å². The molecule has 0 saturated heterocycles. The quantitative estimate of drug-likeness (QED) is 0.297. The predicted molar refractivity (Wildman–Crippen MR) is 63.4 cm³/mol. The molecule has 0 spiro atoms. The monoisotopic (exact) mass is 216 g/mol. The molecule has 0 aliphatic rings. The van der Waals surface area contributed by atoms with Crippen LogP contribution in [0.3, 0.4) is 0 Å². The lowest BCUT2D eigenvalue weighted by Gasteiger charge is -2.05. The Bertz CT molecular complexity index is 434. The maximum atomic E-state index is 6.92. The lowest BCUT2D eigenvalue weighted by molar-refractivity contribution is 0.370. The van der Waals surface area contributed by atoms with Crippen LogP contribution in [0.15, 0.2) is 29.4 Å². The number of benzene rings is 1. The van der Waals surface area contributed by atoms with Gasteiger partial charge in [0.25, 0.3) is 0 Å². The molecule has 0 aliphatic carbocycles. The molecule has 0 unspecified atom stereocenters. The van der Waals surface area contributed by atoms with Gasteiger partial charge in [0.15, 0.2) is 0 Å². The molecule has 0 amide bonds. The van der Waals surface area contributed by atoms with E-state index in [1.54, 1.807) is 6.07 Å². The van der Waals surface area contributed by atoms with Crippen molar-refractivity contribution in [3.63, 3.8) is 0 Å². The first-order valence-corrected chi connectivity index (χ1v) is 4.52. The molecule has 0 radical (unpaired) electrons. The average molecular weight is 216 g/mol. The number of hydrazone groups is 1. The highest BCUT2D eigenvalue weighted by Crippen LogP contribution is 2.15. The van der Waals surface area contributed by atoms with Gasteiger partial charge in [-0.3, -0.25) is 5.41 Å². The van der Waals surface area contributed by atoms with E-state index in [0.29, 0.717) is 5.75 Å². The van der Waals surface area contributed by atoms with E-state index in [1.165, 1.54) is 6.21 Å². The van der Waals surface area contributed by atoms with Gasteiger partial charge in [0, 0.05) is 5.56 Å². The first kappa shape index (κ1) is 11.6. The van der Waals surface area contributed by atoms with Crippen LogP contribution in [-0.4, -0.2) is 18.8 Å². The topological polar surface area (TPSA) is 83.5 Å². The van der Waals surface area contributed by atoms with Crippen molar-refractivity contribution < 1.29 is 4.74 Å². The smallest absolute Gasteiger partial charge is 0.206 e. The first-order chi connectivity index (χ1) is 7.74. The molecule has 16 heavy (non-hydrogen) atoms. The Labute approximate surface area is 93.8 Å². The zero-order chi connectivity index (χ0) is 11.8. The molecule has 0 aromatic heterocycles. The Hall–Kier alpha value is -2.48. The van der Waals surface area contributed by atoms with E-state index in [4.69, 9.17) is 22.3 Å². The fourth-order valence-corrected chi connectivity index (χ4v) is 1.01. The Kier molecular flexibility index (Phi) is 4.41. The second-order valence-electron chi connectivity index (χ2n) is 2.81. The third kappa shape index (κ3) is 3.72. The molecule has 0 bridgehead atoms. The number of hydrogen-bond acceptors (Lipinski definition) is 3. The summed E-state index contributed by atoms with van der Waals surface area (Å²) in [5, 5.41) is 10.7. The highest BCUT2D eigenvalue weighted by molar-refractivity contribution is 5.84. The van der Waals surface area contributed by atoms with Gasteiger partial charge in [-0.05, 0) is 12.1 Å². The number of rotatable bonds is 4. The second-order valence-corrected chi connectivity index (χ2v) is 2.81. The van der Waals surface area contributed by atoms with Crippen molar-refractivity contribution in [2.45, 2.75) is 0 Å². The Balaban J connectivity index is 2.74. The third-order valence-corrected chi connectivity index (χ3v) is 1.62. The summed E-state index contributed by atoms with van der Waals surface area (Å²) in [6, 6.07) is 7.28. The average Bonchev–Trinajstić information content (AvgIpc) is 2.27. The van der Waals surface area contributed by atoms with Gasteiger partial charge in [-0.15, -0.1) is 6.42 Å². The minimum absolute atomic E-state index is 0.199. The molecule has 4 N–H and O–H groups in total. The normalized spacial score (nSPS) is 9.69. The first-order valence-electron chi connectivity index (χ1n) is 4.52. The van der Waals surface area contributed by atoms with Crippen molar-refractivity contribution in [2.24, 2.45) is 10.8 Å². The van der Waals surface area contributed by atoms with Crippen LogP contribution in [0.2, 0.25) is 0 Å². The van der Waals surface area contributed by atoms with Crippen LogP contribution in [0.5, 0.6) is 5.75 Å². The van der Waals surface area contributed by atoms with Crippen LogP contribution < -0.4 is 15.9 Å². The van der Waals surface area contributed by atoms with Crippen molar-refractivity contribution in [3.8, 4) is 18.1 Å². The standard InChI is InChI=1S/C11H12N4O/c1-2-7-16-10-6-4-3-5-9(10)8-14-15-11(12)13/h1,3-6,8H,7H2,(H4,12,13,15). The zero-order valence-corrected chi connectivity index (χ0v) is 8.60. The molecular weight excluding hydrogens is 204 g/mol. The van der Waals surface area contributed by atoms with Gasteiger partial charge in [-0.1, -0.05) is 18.1 Å². The van der Waals surface area contributed by atoms with Crippen LogP contribution in [0.25, 0.3) is 0 Å². The number of ether oxygens (including phenoxy) is 1. The Morgan fingerprint density at radius 1 is 1.62 bits per heavy atom. The van der Waals surface area contributed by atoms with Crippen LogP contribution in [0.1, 0.15) is 5.56 Å². The van der Waals surface area contributed by atoms with Crippen molar-refractivity contribution in [3.05, 3.63) is 29.8 Å². The van der Waals surface area contributed by atoms with Gasteiger partial charge in [0.1, 0.15) is 12.4 Å². The molecule has 0 atom stereocenters. The van der Waals surface area contributed by atoms with E-state index in [-0.39, 0.29) is 12.6 Å². The lowest BCUT2D eigenvalue weighted by Crippen LogP contribution is -2.25. The molecule has 0 heterocycles. The van der Waals surface area contributed by atoms with Crippen molar-refractivity contribution in [1.82, 2.24) is 5.43 Å². The zero-order valence-electron chi connectivity index (χ0n) is 8.60. The Morgan fingerprint density at radius 2 is 2.38 bits per heavy atom. The molecule has 82 valence electrons. The molecule has 0 saturated carbocycles. The number of nitrogens with one attached hydrogen (secondary N) is 2. The molecule has 1 rings (SSSR count). The minimum Gasteiger partial charge on any atom is -0.480 e. The molecule has 0 aliphatic heterocycles. The number of terminal acetylenes is 1. The van der Waals surface area contributed by atoms with Crippen LogP contribution in [0, 0.1) is 17.8 Å². The lowest BCUT2D eigenvalue weighted by atomic mass is 10.2. The number of hydrogen-bond donors (Lipinski definition) is 3. The number of nitrogens with two attached hydrogens (primary N) is 1.